The van der Waals surface area contributed by atoms with Gasteiger partial charge in [0.25, 0.3) is 0 Å². The fraction of sp³-hybridized carbons (Fsp3) is 0.500. The van der Waals surface area contributed by atoms with Gasteiger partial charge in [-0.25, -0.2) is 9.59 Å². The summed E-state index contributed by atoms with van der Waals surface area (Å²) in [5.74, 6) is -1.88. The summed E-state index contributed by atoms with van der Waals surface area (Å²) >= 11 is 0. The Balaban J connectivity index is 4.34. The molecule has 0 bridgehead atoms. The maximum atomic E-state index is 11.3. The fourth-order valence-corrected chi connectivity index (χ4v) is 0.823. The fourth-order valence-electron chi connectivity index (χ4n) is 0.823. The third-order valence-corrected chi connectivity index (χ3v) is 1.61. The maximum absolute atomic E-state index is 11.3. The van der Waals surface area contributed by atoms with Gasteiger partial charge in [-0.15, -0.1) is 0 Å². The summed E-state index contributed by atoms with van der Waals surface area (Å²) in [6.07, 6.45) is 0.363. The van der Waals surface area contributed by atoms with Gasteiger partial charge in [0.15, 0.2) is 0 Å². The average molecular weight is 213 g/mol. The largest absolute Gasteiger partial charge is 0.388 e. The van der Waals surface area contributed by atoms with Gasteiger partial charge in [0, 0.05) is 12.5 Å². The molecule has 0 rings (SSSR count). The first-order valence-electron chi connectivity index (χ1n) is 4.57. The monoisotopic (exact) mass is 213 g/mol. The minimum Gasteiger partial charge on any atom is -0.388 e. The first-order chi connectivity index (χ1) is 6.88. The Labute approximate surface area is 88.5 Å². The molecule has 0 fully saturated rings. The standard InChI is InChI=1S/C10H15NO4/c1-5-8(11-7(4)12)10(14)15-9(13)6(2)3/h8H,2,5H2,1,3-4H3,(H,11,12)/t8-/m0/s1. The smallest absolute Gasteiger partial charge is 0.340 e. The first-order valence-corrected chi connectivity index (χ1v) is 4.57. The van der Waals surface area contributed by atoms with E-state index >= 15 is 0 Å². The quantitative estimate of drug-likeness (QED) is 0.420. The second-order valence-corrected chi connectivity index (χ2v) is 3.15. The number of esters is 2. The van der Waals surface area contributed by atoms with Crippen molar-refractivity contribution in [3.8, 4) is 0 Å². The van der Waals surface area contributed by atoms with Crippen LogP contribution in [0.5, 0.6) is 0 Å². The Morgan fingerprint density at radius 2 is 1.87 bits per heavy atom. The van der Waals surface area contributed by atoms with Crippen LogP contribution in [-0.2, 0) is 19.1 Å². The molecule has 1 N–H and O–H groups in total. The number of ether oxygens (including phenoxy) is 1. The third-order valence-electron chi connectivity index (χ3n) is 1.61. The normalized spacial score (nSPS) is 11.4. The van der Waals surface area contributed by atoms with Crippen LogP contribution in [0.4, 0.5) is 0 Å². The maximum Gasteiger partial charge on any atom is 0.340 e. The zero-order valence-corrected chi connectivity index (χ0v) is 9.12. The number of carbonyl (C=O) groups is 3. The van der Waals surface area contributed by atoms with Crippen LogP contribution in [0, 0.1) is 0 Å². The van der Waals surface area contributed by atoms with Gasteiger partial charge in [-0.1, -0.05) is 13.5 Å². The highest BCUT2D eigenvalue weighted by Crippen LogP contribution is 1.99. The molecule has 5 nitrogen and oxygen atoms in total. The van der Waals surface area contributed by atoms with Gasteiger partial charge in [0.2, 0.25) is 5.91 Å². The molecule has 0 aromatic heterocycles. The summed E-state index contributed by atoms with van der Waals surface area (Å²) < 4.78 is 4.47. The Morgan fingerprint density at radius 3 is 2.20 bits per heavy atom. The Hall–Kier alpha value is -1.65. The molecule has 15 heavy (non-hydrogen) atoms. The van der Waals surface area contributed by atoms with Gasteiger partial charge in [0.1, 0.15) is 6.04 Å². The third kappa shape index (κ3) is 4.95. The summed E-state index contributed by atoms with van der Waals surface area (Å²) in [5.41, 5.74) is 0.140. The van der Waals surface area contributed by atoms with Gasteiger partial charge >= 0.3 is 11.9 Å². The van der Waals surface area contributed by atoms with Gasteiger partial charge in [-0.05, 0) is 13.3 Å². The molecule has 0 aliphatic heterocycles. The second-order valence-electron chi connectivity index (χ2n) is 3.15. The molecule has 0 heterocycles. The predicted molar refractivity (Wildman–Crippen MR) is 53.8 cm³/mol. The highest BCUT2D eigenvalue weighted by molar-refractivity contribution is 5.97. The van der Waals surface area contributed by atoms with Crippen molar-refractivity contribution in [1.82, 2.24) is 5.32 Å². The van der Waals surface area contributed by atoms with Gasteiger partial charge in [-0.3, -0.25) is 4.79 Å². The highest BCUT2D eigenvalue weighted by atomic mass is 16.6. The van der Waals surface area contributed by atoms with E-state index in [4.69, 9.17) is 0 Å². The molecular formula is C10H15NO4. The lowest BCUT2D eigenvalue weighted by atomic mass is 10.2. The Morgan fingerprint density at radius 1 is 1.33 bits per heavy atom. The topological polar surface area (TPSA) is 72.5 Å². The molecule has 0 aromatic rings. The number of nitrogens with one attached hydrogen (secondary N) is 1. The molecular weight excluding hydrogens is 198 g/mol. The lowest BCUT2D eigenvalue weighted by Crippen LogP contribution is -2.41. The van der Waals surface area contributed by atoms with E-state index < -0.39 is 18.0 Å². The van der Waals surface area contributed by atoms with Gasteiger partial charge in [-0.2, -0.15) is 0 Å². The average Bonchev–Trinajstić information content (AvgIpc) is 2.13. The van der Waals surface area contributed by atoms with E-state index in [0.29, 0.717) is 6.42 Å². The second kappa shape index (κ2) is 5.95. The molecule has 0 saturated heterocycles. The summed E-state index contributed by atoms with van der Waals surface area (Å²) in [5, 5.41) is 2.38. The minimum absolute atomic E-state index is 0.140. The zero-order chi connectivity index (χ0) is 12.0. The van der Waals surface area contributed by atoms with Crippen LogP contribution in [-0.4, -0.2) is 23.9 Å². The van der Waals surface area contributed by atoms with Crippen LogP contribution < -0.4 is 5.32 Å². The summed E-state index contributed by atoms with van der Waals surface area (Å²) in [6.45, 7) is 7.77. The van der Waals surface area contributed by atoms with Crippen molar-refractivity contribution in [3.63, 3.8) is 0 Å². The van der Waals surface area contributed by atoms with E-state index in [1.165, 1.54) is 13.8 Å². The van der Waals surface area contributed by atoms with E-state index in [0.717, 1.165) is 0 Å². The molecule has 1 atom stereocenters. The molecule has 0 radical (unpaired) electrons. The van der Waals surface area contributed by atoms with Crippen LogP contribution in [0.1, 0.15) is 27.2 Å². The number of hydrogen-bond donors (Lipinski definition) is 1. The van der Waals surface area contributed by atoms with Crippen LogP contribution in [0.25, 0.3) is 0 Å². The first kappa shape index (κ1) is 13.4. The van der Waals surface area contributed by atoms with E-state index in [2.05, 4.69) is 16.6 Å². The molecule has 1 amide bonds. The number of carbonyl (C=O) groups excluding carboxylic acids is 3. The summed E-state index contributed by atoms with van der Waals surface area (Å²) in [6, 6.07) is -0.786. The van der Waals surface area contributed by atoms with Gasteiger partial charge < -0.3 is 10.1 Å². The van der Waals surface area contributed by atoms with Crippen LogP contribution in [0.15, 0.2) is 12.2 Å². The highest BCUT2D eigenvalue weighted by Gasteiger charge is 2.21. The zero-order valence-electron chi connectivity index (χ0n) is 9.12. The van der Waals surface area contributed by atoms with Gasteiger partial charge in [0.05, 0.1) is 0 Å². The van der Waals surface area contributed by atoms with E-state index in [1.807, 2.05) is 0 Å². The molecule has 0 unspecified atom stereocenters. The van der Waals surface area contributed by atoms with E-state index in [-0.39, 0.29) is 11.5 Å². The SMILES string of the molecule is C=C(C)C(=O)OC(=O)[C@H](CC)NC(C)=O. The lowest BCUT2D eigenvalue weighted by molar-refractivity contribution is -0.159. The molecule has 0 aliphatic rings. The van der Waals surface area contributed by atoms with Crippen LogP contribution in [0.3, 0.4) is 0 Å². The number of rotatable bonds is 4. The molecule has 0 aromatic carbocycles. The summed E-state index contributed by atoms with van der Waals surface area (Å²) in [7, 11) is 0. The molecule has 84 valence electrons. The summed E-state index contributed by atoms with van der Waals surface area (Å²) in [4.78, 5) is 33.0. The minimum atomic E-state index is -0.786. The van der Waals surface area contributed by atoms with Crippen molar-refractivity contribution in [2.75, 3.05) is 0 Å². The van der Waals surface area contributed by atoms with Crippen molar-refractivity contribution in [3.05, 3.63) is 12.2 Å². The van der Waals surface area contributed by atoms with Crippen LogP contribution >= 0.6 is 0 Å². The molecule has 0 saturated carbocycles. The van der Waals surface area contributed by atoms with Crippen molar-refractivity contribution in [1.29, 1.82) is 0 Å². The molecule has 5 heteroatoms. The van der Waals surface area contributed by atoms with Crippen molar-refractivity contribution < 1.29 is 19.1 Å². The van der Waals surface area contributed by atoms with Crippen LogP contribution in [0.2, 0.25) is 0 Å². The molecule has 0 aliphatic carbocycles. The Bertz CT molecular complexity index is 296. The number of hydrogen-bond acceptors (Lipinski definition) is 4. The molecule has 0 spiro atoms. The predicted octanol–water partition coefficient (Wildman–Crippen LogP) is 0.547. The Kier molecular flexibility index (Phi) is 5.30. The van der Waals surface area contributed by atoms with E-state index in [9.17, 15) is 14.4 Å². The van der Waals surface area contributed by atoms with Crippen molar-refractivity contribution in [2.45, 2.75) is 33.2 Å². The number of amides is 1. The van der Waals surface area contributed by atoms with Crippen molar-refractivity contribution >= 4 is 17.8 Å². The lowest BCUT2D eigenvalue weighted by Gasteiger charge is -2.13. The van der Waals surface area contributed by atoms with E-state index in [1.54, 1.807) is 6.92 Å². The van der Waals surface area contributed by atoms with Crippen molar-refractivity contribution in [2.24, 2.45) is 0 Å².